The first-order chi connectivity index (χ1) is 15.3. The van der Waals surface area contributed by atoms with Crippen molar-refractivity contribution in [3.63, 3.8) is 0 Å². The van der Waals surface area contributed by atoms with Gasteiger partial charge in [0, 0.05) is 10.9 Å². The van der Waals surface area contributed by atoms with Gasteiger partial charge in [0.25, 0.3) is 0 Å². The van der Waals surface area contributed by atoms with Gasteiger partial charge in [-0.15, -0.1) is 16.4 Å². The molecule has 0 saturated carbocycles. The lowest BCUT2D eigenvalue weighted by atomic mass is 10.1. The number of hydrogen-bond acceptors (Lipinski definition) is 7. The molecule has 0 atom stereocenters. The van der Waals surface area contributed by atoms with E-state index in [0.717, 1.165) is 27.3 Å². The molecule has 0 bridgehead atoms. The first-order valence-corrected chi connectivity index (χ1v) is 10.6. The molecule has 8 nitrogen and oxygen atoms in total. The minimum atomic E-state index is 0.479. The second-order valence-electron chi connectivity index (χ2n) is 7.09. The van der Waals surface area contributed by atoms with Crippen molar-refractivity contribution in [1.29, 1.82) is 0 Å². The molecule has 2 aromatic carbocycles. The van der Waals surface area contributed by atoms with E-state index < -0.39 is 0 Å². The van der Waals surface area contributed by atoms with Crippen molar-refractivity contribution in [2.75, 3.05) is 5.32 Å². The van der Waals surface area contributed by atoms with E-state index >= 15 is 0 Å². The summed E-state index contributed by atoms with van der Waals surface area (Å²) < 4.78 is 3.64. The molecule has 4 aromatic heterocycles. The number of fused-ring (bicyclic) bond motifs is 2. The van der Waals surface area contributed by atoms with Gasteiger partial charge in [-0.3, -0.25) is 0 Å². The van der Waals surface area contributed by atoms with Crippen LogP contribution < -0.4 is 5.32 Å². The van der Waals surface area contributed by atoms with Crippen LogP contribution in [0.4, 0.5) is 11.8 Å². The predicted octanol–water partition coefficient (Wildman–Crippen LogP) is 4.64. The Kier molecular flexibility index (Phi) is 4.00. The third-order valence-electron chi connectivity index (χ3n) is 5.03. The third-order valence-corrected chi connectivity index (χ3v) is 5.84. The van der Waals surface area contributed by atoms with Crippen LogP contribution in [0.25, 0.3) is 32.9 Å². The minimum absolute atomic E-state index is 0.479. The van der Waals surface area contributed by atoms with Crippen LogP contribution in [0, 0.1) is 6.92 Å². The molecular formula is C22H16N8S. The Morgan fingerprint density at radius 3 is 2.65 bits per heavy atom. The summed E-state index contributed by atoms with van der Waals surface area (Å²) in [5, 5.41) is 15.2. The molecule has 0 radical (unpaired) electrons. The topological polar surface area (TPSA) is 85.8 Å². The van der Waals surface area contributed by atoms with Crippen LogP contribution in [-0.4, -0.2) is 34.3 Å². The largest absolute Gasteiger partial charge is 0.307 e. The second kappa shape index (κ2) is 6.99. The number of aromatic nitrogens is 7. The normalized spacial score (nSPS) is 11.4. The highest BCUT2D eigenvalue weighted by Gasteiger charge is 2.15. The van der Waals surface area contributed by atoms with Crippen LogP contribution in [0.1, 0.15) is 5.56 Å². The Morgan fingerprint density at radius 2 is 1.81 bits per heavy atom. The fourth-order valence-corrected chi connectivity index (χ4v) is 4.30. The molecule has 4 heterocycles. The van der Waals surface area contributed by atoms with Crippen molar-refractivity contribution in [3.8, 4) is 16.9 Å². The Hall–Kier alpha value is -4.11. The molecule has 0 aliphatic heterocycles. The fourth-order valence-electron chi connectivity index (χ4n) is 3.46. The molecule has 6 rings (SSSR count). The van der Waals surface area contributed by atoms with Crippen LogP contribution in [0.3, 0.4) is 0 Å². The van der Waals surface area contributed by atoms with Gasteiger partial charge in [-0.1, -0.05) is 48.0 Å². The predicted molar refractivity (Wildman–Crippen MR) is 121 cm³/mol. The molecule has 0 aliphatic carbocycles. The van der Waals surface area contributed by atoms with Gasteiger partial charge in [0.1, 0.15) is 12.1 Å². The molecule has 9 heteroatoms. The Morgan fingerprint density at radius 1 is 0.968 bits per heavy atom. The van der Waals surface area contributed by atoms with Crippen LogP contribution in [0.15, 0.2) is 72.5 Å². The van der Waals surface area contributed by atoms with Gasteiger partial charge in [0.15, 0.2) is 5.65 Å². The smallest absolute Gasteiger partial charge is 0.249 e. The SMILES string of the molecule is Cc1ccc(-c2csc3nc(Nc4ncnc5c4cnn5-c4ccccc4)nn23)cc1. The first kappa shape index (κ1) is 17.7. The van der Waals surface area contributed by atoms with Gasteiger partial charge < -0.3 is 5.32 Å². The maximum Gasteiger partial charge on any atom is 0.249 e. The number of nitrogens with one attached hydrogen (secondary N) is 1. The van der Waals surface area contributed by atoms with E-state index in [9.17, 15) is 0 Å². The van der Waals surface area contributed by atoms with Gasteiger partial charge in [-0.2, -0.15) is 10.1 Å². The monoisotopic (exact) mass is 424 g/mol. The van der Waals surface area contributed by atoms with E-state index in [1.165, 1.54) is 11.9 Å². The Bertz CT molecular complexity index is 1510. The number of anilines is 2. The number of hydrogen-bond donors (Lipinski definition) is 1. The Balaban J connectivity index is 1.38. The van der Waals surface area contributed by atoms with Crippen molar-refractivity contribution < 1.29 is 0 Å². The number of benzene rings is 2. The molecule has 0 fully saturated rings. The van der Waals surface area contributed by atoms with Gasteiger partial charge >= 0.3 is 0 Å². The summed E-state index contributed by atoms with van der Waals surface area (Å²) in [7, 11) is 0. The highest BCUT2D eigenvalue weighted by molar-refractivity contribution is 7.15. The summed E-state index contributed by atoms with van der Waals surface area (Å²) >= 11 is 1.55. The maximum atomic E-state index is 4.66. The van der Waals surface area contributed by atoms with Crippen LogP contribution in [0.5, 0.6) is 0 Å². The van der Waals surface area contributed by atoms with Gasteiger partial charge in [0.05, 0.1) is 23.0 Å². The van der Waals surface area contributed by atoms with Crippen LogP contribution >= 0.6 is 11.3 Å². The van der Waals surface area contributed by atoms with Crippen molar-refractivity contribution in [2.24, 2.45) is 0 Å². The first-order valence-electron chi connectivity index (χ1n) is 9.69. The number of thiazole rings is 1. The van der Waals surface area contributed by atoms with Gasteiger partial charge in [0.2, 0.25) is 10.9 Å². The lowest BCUT2D eigenvalue weighted by molar-refractivity contribution is 0.895. The molecule has 0 aliphatic rings. The van der Waals surface area contributed by atoms with E-state index in [1.807, 2.05) is 34.8 Å². The Labute approximate surface area is 180 Å². The van der Waals surface area contributed by atoms with E-state index in [0.29, 0.717) is 17.4 Å². The molecule has 0 amide bonds. The fraction of sp³-hybridized carbons (Fsp3) is 0.0455. The zero-order valence-corrected chi connectivity index (χ0v) is 17.3. The number of rotatable bonds is 4. The van der Waals surface area contributed by atoms with E-state index in [-0.39, 0.29) is 0 Å². The molecule has 31 heavy (non-hydrogen) atoms. The van der Waals surface area contributed by atoms with Crippen molar-refractivity contribution >= 4 is 39.1 Å². The molecule has 0 unspecified atom stereocenters. The van der Waals surface area contributed by atoms with E-state index in [4.69, 9.17) is 0 Å². The summed E-state index contributed by atoms with van der Waals surface area (Å²) in [6.07, 6.45) is 3.27. The average Bonchev–Trinajstić information content (AvgIpc) is 3.50. The lowest BCUT2D eigenvalue weighted by Gasteiger charge is -2.04. The summed E-state index contributed by atoms with van der Waals surface area (Å²) in [6.45, 7) is 2.08. The standard InChI is InChI=1S/C22H16N8S/c1-14-7-9-15(10-8-14)18-12-31-22-27-21(28-30(18)22)26-19-17-11-25-29(20(17)24-13-23-19)16-5-3-2-4-6-16/h2-13H,1H3,(H,23,24,26,28). The lowest BCUT2D eigenvalue weighted by Crippen LogP contribution is -2.00. The van der Waals surface area contributed by atoms with Gasteiger partial charge in [-0.05, 0) is 19.1 Å². The molecule has 150 valence electrons. The average molecular weight is 424 g/mol. The minimum Gasteiger partial charge on any atom is -0.307 e. The van der Waals surface area contributed by atoms with Crippen LogP contribution in [-0.2, 0) is 0 Å². The number of nitrogens with zero attached hydrogens (tertiary/aromatic N) is 7. The summed E-state index contributed by atoms with van der Waals surface area (Å²) in [5.74, 6) is 1.09. The summed E-state index contributed by atoms with van der Waals surface area (Å²) in [5.41, 5.74) is 4.97. The second-order valence-corrected chi connectivity index (χ2v) is 7.93. The van der Waals surface area contributed by atoms with Crippen LogP contribution in [0.2, 0.25) is 0 Å². The third kappa shape index (κ3) is 3.03. The van der Waals surface area contributed by atoms with Gasteiger partial charge in [-0.25, -0.2) is 19.2 Å². The molecular weight excluding hydrogens is 408 g/mol. The zero-order chi connectivity index (χ0) is 20.8. The quantitative estimate of drug-likeness (QED) is 0.444. The number of aryl methyl sites for hydroxylation is 1. The summed E-state index contributed by atoms with van der Waals surface area (Å²) in [4.78, 5) is 14.2. The maximum absolute atomic E-state index is 4.66. The van der Waals surface area contributed by atoms with E-state index in [1.54, 1.807) is 22.2 Å². The molecule has 1 N–H and O–H groups in total. The highest BCUT2D eigenvalue weighted by atomic mass is 32.1. The molecule has 0 saturated heterocycles. The van der Waals surface area contributed by atoms with Crippen molar-refractivity contribution in [1.82, 2.24) is 34.3 Å². The zero-order valence-electron chi connectivity index (χ0n) is 16.5. The van der Waals surface area contributed by atoms with Crippen molar-refractivity contribution in [3.05, 3.63) is 78.1 Å². The molecule has 6 aromatic rings. The molecule has 0 spiro atoms. The number of para-hydroxylation sites is 1. The summed E-state index contributed by atoms with van der Waals surface area (Å²) in [6, 6.07) is 18.3. The van der Waals surface area contributed by atoms with E-state index in [2.05, 4.69) is 67.0 Å². The van der Waals surface area contributed by atoms with Crippen molar-refractivity contribution in [2.45, 2.75) is 6.92 Å². The highest BCUT2D eigenvalue weighted by Crippen LogP contribution is 2.28.